The molecule has 1 saturated carbocycles. The van der Waals surface area contributed by atoms with Gasteiger partial charge >= 0.3 is 0 Å². The normalized spacial score (nSPS) is 20.9. The lowest BCUT2D eigenvalue weighted by Gasteiger charge is -2.32. The Hall–Kier alpha value is -2.37. The number of amides is 1. The Morgan fingerprint density at radius 3 is 2.96 bits per heavy atom. The quantitative estimate of drug-likeness (QED) is 0.935. The first-order chi connectivity index (χ1) is 11.7. The number of likely N-dealkylation sites (tertiary alicyclic amines) is 1. The maximum absolute atomic E-state index is 12.7. The van der Waals surface area contributed by atoms with E-state index >= 15 is 0 Å². The van der Waals surface area contributed by atoms with Crippen LogP contribution in [0.2, 0.25) is 0 Å². The summed E-state index contributed by atoms with van der Waals surface area (Å²) in [5.74, 6) is 2.53. The van der Waals surface area contributed by atoms with E-state index < -0.39 is 0 Å². The van der Waals surface area contributed by atoms with Crippen LogP contribution in [-0.2, 0) is 0 Å². The molecular weight excluding hydrogens is 304 g/mol. The maximum atomic E-state index is 12.7. The summed E-state index contributed by atoms with van der Waals surface area (Å²) in [6.07, 6.45) is 6.19. The minimum Gasteiger partial charge on any atom is -0.373 e. The summed E-state index contributed by atoms with van der Waals surface area (Å²) in [7, 11) is 1.87. The molecule has 0 radical (unpaired) electrons. The van der Waals surface area contributed by atoms with Crippen molar-refractivity contribution in [3.8, 4) is 0 Å². The molecule has 0 bridgehead atoms. The number of hydrogen-bond acceptors (Lipinski definition) is 5. The Morgan fingerprint density at radius 1 is 1.29 bits per heavy atom. The van der Waals surface area contributed by atoms with Crippen molar-refractivity contribution in [3.05, 3.63) is 41.4 Å². The molecule has 1 aliphatic heterocycles. The van der Waals surface area contributed by atoms with Crippen LogP contribution in [0.5, 0.6) is 0 Å². The van der Waals surface area contributed by atoms with Crippen molar-refractivity contribution in [1.82, 2.24) is 15.0 Å². The van der Waals surface area contributed by atoms with E-state index in [2.05, 4.69) is 21.5 Å². The summed E-state index contributed by atoms with van der Waals surface area (Å²) in [6, 6.07) is 5.94. The van der Waals surface area contributed by atoms with Gasteiger partial charge in [0.05, 0.1) is 0 Å². The summed E-state index contributed by atoms with van der Waals surface area (Å²) in [5, 5.41) is 7.06. The molecule has 1 atom stereocenters. The Kier molecular flexibility index (Phi) is 3.96. The van der Waals surface area contributed by atoms with E-state index in [4.69, 9.17) is 4.52 Å². The highest BCUT2D eigenvalue weighted by Gasteiger charge is 2.31. The molecule has 2 fully saturated rings. The van der Waals surface area contributed by atoms with E-state index in [1.54, 1.807) is 0 Å². The Morgan fingerprint density at radius 2 is 2.17 bits per heavy atom. The van der Waals surface area contributed by atoms with Gasteiger partial charge in [-0.05, 0) is 43.4 Å². The molecule has 1 saturated heterocycles. The fraction of sp³-hybridized carbons (Fsp3) is 0.500. The molecule has 2 aromatic heterocycles. The summed E-state index contributed by atoms with van der Waals surface area (Å²) in [5.41, 5.74) is 1.67. The number of anilines is 1. The van der Waals surface area contributed by atoms with Gasteiger partial charge in [0.15, 0.2) is 5.69 Å². The molecule has 6 nitrogen and oxygen atoms in total. The molecule has 6 heteroatoms. The standard InChI is InChI=1S/C18H22N4O2/c1-19-17-9-13(6-7-20-17)14-3-2-8-22(11-14)18(23)15-10-16(24-21-15)12-4-5-12/h6-7,9-10,12,14H,2-5,8,11H2,1H3,(H,19,20)/t14-/m1/s1. The molecular formula is C18H22N4O2. The molecule has 4 rings (SSSR count). The fourth-order valence-electron chi connectivity index (χ4n) is 3.38. The Labute approximate surface area is 141 Å². The van der Waals surface area contributed by atoms with Crippen molar-refractivity contribution < 1.29 is 9.32 Å². The van der Waals surface area contributed by atoms with Gasteiger partial charge in [-0.3, -0.25) is 4.79 Å². The maximum Gasteiger partial charge on any atom is 0.276 e. The third-order valence-corrected chi connectivity index (χ3v) is 4.95. The minimum atomic E-state index is -0.0155. The van der Waals surface area contributed by atoms with E-state index in [1.165, 1.54) is 5.56 Å². The van der Waals surface area contributed by atoms with Gasteiger partial charge in [0.1, 0.15) is 11.6 Å². The summed E-state index contributed by atoms with van der Waals surface area (Å²) >= 11 is 0. The van der Waals surface area contributed by atoms with E-state index in [-0.39, 0.29) is 5.91 Å². The number of piperidine rings is 1. The highest BCUT2D eigenvalue weighted by Crippen LogP contribution is 2.40. The van der Waals surface area contributed by atoms with Crippen LogP contribution in [0.3, 0.4) is 0 Å². The average molecular weight is 326 g/mol. The monoisotopic (exact) mass is 326 g/mol. The van der Waals surface area contributed by atoms with Crippen molar-refractivity contribution in [1.29, 1.82) is 0 Å². The topological polar surface area (TPSA) is 71.3 Å². The van der Waals surface area contributed by atoms with Gasteiger partial charge in [0.25, 0.3) is 5.91 Å². The van der Waals surface area contributed by atoms with Gasteiger partial charge < -0.3 is 14.7 Å². The molecule has 2 aromatic rings. The van der Waals surface area contributed by atoms with Crippen molar-refractivity contribution in [2.24, 2.45) is 0 Å². The van der Waals surface area contributed by atoms with Gasteiger partial charge in [-0.15, -0.1) is 0 Å². The number of rotatable bonds is 4. The predicted octanol–water partition coefficient (Wildman–Crippen LogP) is 3.01. The fourth-order valence-corrected chi connectivity index (χ4v) is 3.38. The lowest BCUT2D eigenvalue weighted by atomic mass is 9.91. The first kappa shape index (κ1) is 15.2. The van der Waals surface area contributed by atoms with Crippen molar-refractivity contribution in [3.63, 3.8) is 0 Å². The lowest BCUT2D eigenvalue weighted by molar-refractivity contribution is 0.0696. The first-order valence-corrected chi connectivity index (χ1v) is 8.64. The van der Waals surface area contributed by atoms with Gasteiger partial charge in [0, 0.05) is 44.2 Å². The van der Waals surface area contributed by atoms with Crippen LogP contribution in [-0.4, -0.2) is 41.1 Å². The molecule has 24 heavy (non-hydrogen) atoms. The number of carbonyl (C=O) groups is 1. The van der Waals surface area contributed by atoms with Gasteiger partial charge in [-0.25, -0.2) is 4.98 Å². The van der Waals surface area contributed by atoms with Crippen LogP contribution >= 0.6 is 0 Å². The number of nitrogens with zero attached hydrogens (tertiary/aromatic N) is 3. The van der Waals surface area contributed by atoms with Gasteiger partial charge in [-0.1, -0.05) is 5.16 Å². The van der Waals surface area contributed by atoms with Crippen LogP contribution < -0.4 is 5.32 Å². The minimum absolute atomic E-state index is 0.0155. The van der Waals surface area contributed by atoms with Crippen LogP contribution in [0.4, 0.5) is 5.82 Å². The third-order valence-electron chi connectivity index (χ3n) is 4.95. The van der Waals surface area contributed by atoms with Crippen molar-refractivity contribution >= 4 is 11.7 Å². The Balaban J connectivity index is 1.48. The second-order valence-electron chi connectivity index (χ2n) is 6.70. The zero-order chi connectivity index (χ0) is 16.5. The van der Waals surface area contributed by atoms with Crippen LogP contribution in [0.15, 0.2) is 28.9 Å². The van der Waals surface area contributed by atoms with Crippen LogP contribution in [0.25, 0.3) is 0 Å². The summed E-state index contributed by atoms with van der Waals surface area (Å²) in [6.45, 7) is 1.50. The second-order valence-corrected chi connectivity index (χ2v) is 6.70. The average Bonchev–Trinajstić information content (AvgIpc) is 3.38. The molecule has 0 spiro atoms. The molecule has 2 aliphatic rings. The van der Waals surface area contributed by atoms with Crippen molar-refractivity contribution in [2.75, 3.05) is 25.5 Å². The first-order valence-electron chi connectivity index (χ1n) is 8.64. The lowest BCUT2D eigenvalue weighted by Crippen LogP contribution is -2.39. The number of nitrogens with one attached hydrogen (secondary N) is 1. The molecule has 1 amide bonds. The molecule has 3 heterocycles. The van der Waals surface area contributed by atoms with Crippen molar-refractivity contribution in [2.45, 2.75) is 37.5 Å². The molecule has 0 unspecified atom stereocenters. The number of pyridine rings is 1. The number of carbonyl (C=O) groups excluding carboxylic acids is 1. The third kappa shape index (κ3) is 3.00. The van der Waals surface area contributed by atoms with Gasteiger partial charge in [-0.2, -0.15) is 0 Å². The second kappa shape index (κ2) is 6.26. The van der Waals surface area contributed by atoms with E-state index in [0.29, 0.717) is 17.5 Å². The zero-order valence-corrected chi connectivity index (χ0v) is 13.9. The predicted molar refractivity (Wildman–Crippen MR) is 90.1 cm³/mol. The SMILES string of the molecule is CNc1cc([C@@H]2CCCN(C(=O)c3cc(C4CC4)on3)C2)ccn1. The smallest absolute Gasteiger partial charge is 0.276 e. The van der Waals surface area contributed by atoms with Gasteiger partial charge in [0.2, 0.25) is 0 Å². The zero-order valence-electron chi connectivity index (χ0n) is 13.9. The van der Waals surface area contributed by atoms with E-state index in [9.17, 15) is 4.79 Å². The molecule has 1 N–H and O–H groups in total. The van der Waals surface area contributed by atoms with E-state index in [1.807, 2.05) is 30.3 Å². The summed E-state index contributed by atoms with van der Waals surface area (Å²) in [4.78, 5) is 18.9. The highest BCUT2D eigenvalue weighted by atomic mass is 16.5. The Bertz CT molecular complexity index is 738. The summed E-state index contributed by atoms with van der Waals surface area (Å²) < 4.78 is 5.33. The number of aromatic nitrogens is 2. The highest BCUT2D eigenvalue weighted by molar-refractivity contribution is 5.92. The van der Waals surface area contributed by atoms with Crippen LogP contribution in [0.1, 0.15) is 59.3 Å². The molecule has 0 aromatic carbocycles. The molecule has 126 valence electrons. The van der Waals surface area contributed by atoms with E-state index in [0.717, 1.165) is 50.4 Å². The molecule has 1 aliphatic carbocycles. The largest absolute Gasteiger partial charge is 0.373 e. The number of hydrogen-bond donors (Lipinski definition) is 1. The van der Waals surface area contributed by atoms with Crippen LogP contribution in [0, 0.1) is 0 Å².